The molecule has 0 aliphatic rings. The van der Waals surface area contributed by atoms with Crippen molar-refractivity contribution in [3.05, 3.63) is 12.3 Å². The van der Waals surface area contributed by atoms with Gasteiger partial charge in [0.2, 0.25) is 18.7 Å². The molecule has 0 saturated heterocycles. The molecule has 62 valence electrons. The Balaban J connectivity index is 2.49. The maximum atomic E-state index is 11.8. The zero-order valence-electron chi connectivity index (χ0n) is 6.00. The van der Waals surface area contributed by atoms with Crippen molar-refractivity contribution in [1.29, 1.82) is 0 Å². The van der Waals surface area contributed by atoms with E-state index in [4.69, 9.17) is 4.42 Å². The van der Waals surface area contributed by atoms with Gasteiger partial charge < -0.3 is 4.42 Å². The number of aromatic nitrogens is 2. The largest absolute Gasteiger partial charge is 0.428 e. The highest BCUT2D eigenvalue weighted by atomic mass is 19.3. The minimum Gasteiger partial charge on any atom is -0.428 e. The Morgan fingerprint density at radius 2 is 2.36 bits per heavy atom. The van der Waals surface area contributed by atoms with Crippen LogP contribution in [0.3, 0.4) is 0 Å². The molecule has 0 amide bonds. The zero-order chi connectivity index (χ0) is 8.27. The van der Waals surface area contributed by atoms with Crippen molar-refractivity contribution < 1.29 is 13.2 Å². The summed E-state index contributed by atoms with van der Waals surface area (Å²) in [6.45, 7) is 1.62. The van der Waals surface area contributed by atoms with E-state index in [2.05, 4.69) is 10.2 Å². The highest BCUT2D eigenvalue weighted by Gasteiger charge is 2.16. The average molecular weight is 162 g/mol. The van der Waals surface area contributed by atoms with Crippen molar-refractivity contribution in [3.8, 4) is 0 Å². The maximum Gasteiger partial charge on any atom is 0.239 e. The van der Waals surface area contributed by atoms with Gasteiger partial charge in [-0.25, -0.2) is 8.78 Å². The van der Waals surface area contributed by atoms with Crippen LogP contribution in [0.15, 0.2) is 10.8 Å². The van der Waals surface area contributed by atoms with Crippen LogP contribution in [-0.4, -0.2) is 16.6 Å². The molecule has 5 heteroatoms. The second-order valence-corrected chi connectivity index (χ2v) is 2.30. The number of hydrogen-bond donors (Lipinski definition) is 0. The lowest BCUT2D eigenvalue weighted by molar-refractivity contribution is 0.126. The van der Waals surface area contributed by atoms with Gasteiger partial charge in [0, 0.05) is 12.3 Å². The molecule has 0 saturated carbocycles. The first-order chi connectivity index (χ1) is 5.20. The van der Waals surface area contributed by atoms with Crippen molar-refractivity contribution in [3.63, 3.8) is 0 Å². The summed E-state index contributed by atoms with van der Waals surface area (Å²) in [5.74, 6) is -0.0946. The van der Waals surface area contributed by atoms with Gasteiger partial charge in [0.25, 0.3) is 0 Å². The van der Waals surface area contributed by atoms with Crippen molar-refractivity contribution in [2.75, 3.05) is 0 Å². The lowest BCUT2D eigenvalue weighted by atomic mass is 10.1. The molecule has 1 unspecified atom stereocenters. The molecule has 0 aliphatic heterocycles. The maximum absolute atomic E-state index is 11.8. The molecule has 0 N–H and O–H groups in total. The van der Waals surface area contributed by atoms with Crippen LogP contribution >= 0.6 is 0 Å². The normalized spacial score (nSPS) is 13.8. The molecule has 0 spiro atoms. The van der Waals surface area contributed by atoms with Gasteiger partial charge >= 0.3 is 0 Å². The van der Waals surface area contributed by atoms with Gasteiger partial charge in [-0.1, -0.05) is 6.92 Å². The first-order valence-electron chi connectivity index (χ1n) is 3.24. The van der Waals surface area contributed by atoms with E-state index in [1.807, 2.05) is 0 Å². The topological polar surface area (TPSA) is 38.9 Å². The quantitative estimate of drug-likeness (QED) is 0.680. The molecule has 1 rings (SSSR count). The Bertz CT molecular complexity index is 200. The van der Waals surface area contributed by atoms with Gasteiger partial charge in [0.1, 0.15) is 0 Å². The Hall–Kier alpha value is -1.00. The van der Waals surface area contributed by atoms with Gasteiger partial charge in [-0.2, -0.15) is 0 Å². The fourth-order valence-electron chi connectivity index (χ4n) is 0.764. The first kappa shape index (κ1) is 8.10. The van der Waals surface area contributed by atoms with Crippen molar-refractivity contribution >= 4 is 0 Å². The molecule has 0 bridgehead atoms. The summed E-state index contributed by atoms with van der Waals surface area (Å²) in [6.07, 6.45) is -1.42. The molecule has 3 nitrogen and oxygen atoms in total. The van der Waals surface area contributed by atoms with E-state index >= 15 is 0 Å². The van der Waals surface area contributed by atoms with E-state index < -0.39 is 6.43 Å². The van der Waals surface area contributed by atoms with E-state index in [0.717, 1.165) is 6.39 Å². The molecule has 1 aromatic heterocycles. The monoisotopic (exact) mass is 162 g/mol. The Morgan fingerprint density at radius 1 is 1.64 bits per heavy atom. The van der Waals surface area contributed by atoms with E-state index in [1.165, 1.54) is 0 Å². The number of rotatable bonds is 3. The standard InChI is InChI=1S/C6H8F2N2O/c1-4(2-5(7)8)6-10-9-3-11-6/h3-5H,2H2,1H3. The van der Waals surface area contributed by atoms with Gasteiger partial charge in [0.05, 0.1) is 0 Å². The molecule has 0 aromatic carbocycles. The smallest absolute Gasteiger partial charge is 0.239 e. The minimum atomic E-state index is -2.32. The molecule has 0 fully saturated rings. The zero-order valence-corrected chi connectivity index (χ0v) is 6.00. The fraction of sp³-hybridized carbons (Fsp3) is 0.667. The Morgan fingerprint density at radius 3 is 2.82 bits per heavy atom. The first-order valence-corrected chi connectivity index (χ1v) is 3.24. The summed E-state index contributed by atoms with van der Waals surface area (Å²) < 4.78 is 28.3. The second kappa shape index (κ2) is 3.41. The van der Waals surface area contributed by atoms with Crippen molar-refractivity contribution in [1.82, 2.24) is 10.2 Å². The summed E-state index contributed by atoms with van der Waals surface area (Å²) in [6, 6.07) is 0. The lowest BCUT2D eigenvalue weighted by Gasteiger charge is -2.03. The lowest BCUT2D eigenvalue weighted by Crippen LogP contribution is -2.00. The van der Waals surface area contributed by atoms with Crippen LogP contribution in [0.5, 0.6) is 0 Å². The molecule has 1 heterocycles. The fourth-order valence-corrected chi connectivity index (χ4v) is 0.764. The Kier molecular flexibility index (Phi) is 2.51. The van der Waals surface area contributed by atoms with Crippen LogP contribution in [0.4, 0.5) is 8.78 Å². The predicted octanol–water partition coefficient (Wildman–Crippen LogP) is 1.83. The summed E-state index contributed by atoms with van der Waals surface area (Å²) in [4.78, 5) is 0. The van der Waals surface area contributed by atoms with Gasteiger partial charge in [-0.3, -0.25) is 0 Å². The van der Waals surface area contributed by atoms with E-state index in [-0.39, 0.29) is 18.2 Å². The minimum absolute atomic E-state index is 0.234. The van der Waals surface area contributed by atoms with Gasteiger partial charge in [-0.05, 0) is 0 Å². The number of nitrogens with zero attached hydrogens (tertiary/aromatic N) is 2. The number of alkyl halides is 2. The second-order valence-electron chi connectivity index (χ2n) is 2.30. The van der Waals surface area contributed by atoms with E-state index in [9.17, 15) is 8.78 Å². The van der Waals surface area contributed by atoms with Crippen LogP contribution in [0.25, 0.3) is 0 Å². The Labute approximate surface area is 62.4 Å². The molecule has 0 aliphatic carbocycles. The highest BCUT2D eigenvalue weighted by Crippen LogP contribution is 2.19. The van der Waals surface area contributed by atoms with Crippen LogP contribution in [0.2, 0.25) is 0 Å². The summed E-state index contributed by atoms with van der Waals surface area (Å²) in [5, 5.41) is 6.91. The van der Waals surface area contributed by atoms with Crippen LogP contribution in [-0.2, 0) is 0 Å². The molecular weight excluding hydrogens is 154 g/mol. The molecular formula is C6H8F2N2O. The SMILES string of the molecule is CC(CC(F)F)c1nnco1. The van der Waals surface area contributed by atoms with Gasteiger partial charge in [0.15, 0.2) is 0 Å². The van der Waals surface area contributed by atoms with Crippen molar-refractivity contribution in [2.45, 2.75) is 25.7 Å². The number of halogens is 2. The predicted molar refractivity (Wildman–Crippen MR) is 33.3 cm³/mol. The average Bonchev–Trinajstić information content (AvgIpc) is 2.35. The third-order valence-corrected chi connectivity index (χ3v) is 1.33. The van der Waals surface area contributed by atoms with Crippen molar-refractivity contribution in [2.24, 2.45) is 0 Å². The number of hydrogen-bond acceptors (Lipinski definition) is 3. The molecule has 1 atom stereocenters. The van der Waals surface area contributed by atoms with E-state index in [0.29, 0.717) is 0 Å². The molecule has 11 heavy (non-hydrogen) atoms. The van der Waals surface area contributed by atoms with Gasteiger partial charge in [-0.15, -0.1) is 10.2 Å². The van der Waals surface area contributed by atoms with Crippen LogP contribution < -0.4 is 0 Å². The van der Waals surface area contributed by atoms with Crippen LogP contribution in [0, 0.1) is 0 Å². The summed E-state index contributed by atoms with van der Waals surface area (Å²) in [5.41, 5.74) is 0. The third-order valence-electron chi connectivity index (χ3n) is 1.33. The highest BCUT2D eigenvalue weighted by molar-refractivity contribution is 4.84. The molecule has 0 radical (unpaired) electrons. The third kappa shape index (κ3) is 2.25. The van der Waals surface area contributed by atoms with Crippen LogP contribution in [0.1, 0.15) is 25.2 Å². The summed E-state index contributed by atoms with van der Waals surface area (Å²) >= 11 is 0. The van der Waals surface area contributed by atoms with E-state index in [1.54, 1.807) is 6.92 Å². The molecule has 1 aromatic rings. The summed E-state index contributed by atoms with van der Waals surface area (Å²) in [7, 11) is 0.